The monoisotopic (exact) mass is 282 g/mol. The Kier molecular flexibility index (Phi) is 3.35. The van der Waals surface area contributed by atoms with Crippen LogP contribution in [0.4, 0.5) is 0 Å². The minimum absolute atomic E-state index is 0.226. The summed E-state index contributed by atoms with van der Waals surface area (Å²) in [4.78, 5) is 23.9. The highest BCUT2D eigenvalue weighted by molar-refractivity contribution is 6.01. The maximum atomic E-state index is 11.3. The Hall–Kier alpha value is -2.76. The number of carbonyl (C=O) groups is 1. The van der Waals surface area contributed by atoms with Gasteiger partial charge in [-0.3, -0.25) is 0 Å². The summed E-state index contributed by atoms with van der Waals surface area (Å²) in [5, 5.41) is 9.28. The van der Waals surface area contributed by atoms with E-state index < -0.39 is 5.97 Å². The van der Waals surface area contributed by atoms with Crippen molar-refractivity contribution >= 4 is 17.0 Å². The summed E-state index contributed by atoms with van der Waals surface area (Å²) in [5.41, 5.74) is 2.42. The van der Waals surface area contributed by atoms with E-state index in [-0.39, 0.29) is 5.56 Å². The number of fused-ring (bicyclic) bond motifs is 1. The average molecular weight is 282 g/mol. The van der Waals surface area contributed by atoms with Gasteiger partial charge in [0.1, 0.15) is 17.7 Å². The first-order valence-corrected chi connectivity index (χ1v) is 6.67. The number of imidazole rings is 1. The van der Waals surface area contributed by atoms with Crippen LogP contribution in [-0.2, 0) is 13.0 Å². The van der Waals surface area contributed by atoms with Crippen LogP contribution >= 0.6 is 0 Å². The molecule has 0 atom stereocenters. The summed E-state index contributed by atoms with van der Waals surface area (Å²) in [6, 6.07) is 7.04. The van der Waals surface area contributed by atoms with E-state index in [9.17, 15) is 9.90 Å². The van der Waals surface area contributed by atoms with E-state index in [0.29, 0.717) is 12.1 Å². The van der Waals surface area contributed by atoms with Crippen molar-refractivity contribution in [1.29, 1.82) is 0 Å². The zero-order valence-electron chi connectivity index (χ0n) is 11.5. The quantitative estimate of drug-likeness (QED) is 0.792. The van der Waals surface area contributed by atoms with E-state index in [4.69, 9.17) is 0 Å². The van der Waals surface area contributed by atoms with Gasteiger partial charge in [0, 0.05) is 12.6 Å². The summed E-state index contributed by atoms with van der Waals surface area (Å²) in [6.45, 7) is 2.55. The van der Waals surface area contributed by atoms with Gasteiger partial charge in [0.05, 0.1) is 23.3 Å². The first-order valence-electron chi connectivity index (χ1n) is 6.67. The number of hydrogen-bond donors (Lipinski definition) is 1. The second-order valence-electron chi connectivity index (χ2n) is 4.65. The number of rotatable bonds is 4. The third-order valence-electron chi connectivity index (χ3n) is 3.37. The zero-order chi connectivity index (χ0) is 14.8. The average Bonchev–Trinajstić information content (AvgIpc) is 2.86. The fraction of sp³-hybridized carbons (Fsp3) is 0.200. The van der Waals surface area contributed by atoms with Crippen molar-refractivity contribution in [2.24, 2.45) is 0 Å². The molecule has 1 aromatic carbocycles. The van der Waals surface area contributed by atoms with Crippen molar-refractivity contribution in [2.45, 2.75) is 19.9 Å². The van der Waals surface area contributed by atoms with Crippen LogP contribution in [0, 0.1) is 0 Å². The smallest absolute Gasteiger partial charge is 0.337 e. The number of carboxylic acid groups (broad SMARTS) is 1. The Bertz CT molecular complexity index is 796. The molecule has 0 saturated carbocycles. The van der Waals surface area contributed by atoms with E-state index in [2.05, 4.69) is 15.0 Å². The third kappa shape index (κ3) is 2.35. The number of benzene rings is 1. The maximum absolute atomic E-state index is 11.3. The summed E-state index contributed by atoms with van der Waals surface area (Å²) in [6.07, 6.45) is 3.91. The van der Waals surface area contributed by atoms with E-state index in [1.165, 1.54) is 6.33 Å². The topological polar surface area (TPSA) is 80.9 Å². The van der Waals surface area contributed by atoms with Gasteiger partial charge in [-0.15, -0.1) is 0 Å². The van der Waals surface area contributed by atoms with E-state index >= 15 is 0 Å². The first kappa shape index (κ1) is 13.2. The molecule has 0 amide bonds. The van der Waals surface area contributed by atoms with Crippen molar-refractivity contribution in [1.82, 2.24) is 19.5 Å². The van der Waals surface area contributed by atoms with Crippen molar-refractivity contribution in [2.75, 3.05) is 0 Å². The van der Waals surface area contributed by atoms with Gasteiger partial charge in [0.25, 0.3) is 0 Å². The van der Waals surface area contributed by atoms with Crippen LogP contribution in [0.3, 0.4) is 0 Å². The predicted molar refractivity (Wildman–Crippen MR) is 77.2 cm³/mol. The Labute approximate surface area is 121 Å². The summed E-state index contributed by atoms with van der Waals surface area (Å²) in [7, 11) is 0. The van der Waals surface area contributed by atoms with Gasteiger partial charge < -0.3 is 9.67 Å². The molecule has 0 unspecified atom stereocenters. The lowest BCUT2D eigenvalue weighted by Crippen LogP contribution is -2.06. The SMILES string of the molecule is CCc1nc2c(C(=O)O)cccc2n1Cc1ccncn1. The van der Waals surface area contributed by atoms with E-state index in [1.807, 2.05) is 23.6 Å². The third-order valence-corrected chi connectivity index (χ3v) is 3.37. The molecule has 0 aliphatic heterocycles. The predicted octanol–water partition coefficient (Wildman–Crippen LogP) is 2.14. The molecule has 0 bridgehead atoms. The van der Waals surface area contributed by atoms with Gasteiger partial charge in [0.2, 0.25) is 0 Å². The van der Waals surface area contributed by atoms with Gasteiger partial charge in [-0.2, -0.15) is 0 Å². The van der Waals surface area contributed by atoms with Crippen LogP contribution < -0.4 is 0 Å². The number of nitrogens with zero attached hydrogens (tertiary/aromatic N) is 4. The standard InChI is InChI=1S/C15H14N4O2/c1-2-13-18-14-11(15(20)21)4-3-5-12(14)19(13)8-10-6-7-16-9-17-10/h3-7,9H,2,8H2,1H3,(H,20,21). The van der Waals surface area contributed by atoms with Gasteiger partial charge in [-0.1, -0.05) is 13.0 Å². The van der Waals surface area contributed by atoms with Crippen molar-refractivity contribution < 1.29 is 9.90 Å². The molecule has 2 heterocycles. The minimum Gasteiger partial charge on any atom is -0.478 e. The second kappa shape index (κ2) is 5.32. The molecule has 3 aromatic rings. The lowest BCUT2D eigenvalue weighted by Gasteiger charge is -2.07. The molecule has 6 heteroatoms. The van der Waals surface area contributed by atoms with Crippen molar-refractivity contribution in [3.8, 4) is 0 Å². The van der Waals surface area contributed by atoms with Crippen LogP contribution in [0.2, 0.25) is 0 Å². The number of aryl methyl sites for hydroxylation is 1. The lowest BCUT2D eigenvalue weighted by atomic mass is 10.2. The van der Waals surface area contributed by atoms with Crippen LogP contribution in [-0.4, -0.2) is 30.6 Å². The number of hydrogen-bond acceptors (Lipinski definition) is 4. The summed E-state index contributed by atoms with van der Waals surface area (Å²) in [5.74, 6) is -0.118. The Morgan fingerprint density at radius 3 is 2.86 bits per heavy atom. The largest absolute Gasteiger partial charge is 0.478 e. The minimum atomic E-state index is -0.963. The normalized spacial score (nSPS) is 10.9. The summed E-state index contributed by atoms with van der Waals surface area (Å²) < 4.78 is 2.00. The Balaban J connectivity index is 2.17. The Morgan fingerprint density at radius 1 is 1.33 bits per heavy atom. The molecule has 0 radical (unpaired) electrons. The van der Waals surface area contributed by atoms with Gasteiger partial charge in [-0.25, -0.2) is 19.7 Å². The highest BCUT2D eigenvalue weighted by Crippen LogP contribution is 2.21. The maximum Gasteiger partial charge on any atom is 0.337 e. The molecule has 21 heavy (non-hydrogen) atoms. The van der Waals surface area contributed by atoms with Crippen molar-refractivity contribution in [3.05, 3.63) is 53.9 Å². The number of aromatic nitrogens is 4. The van der Waals surface area contributed by atoms with Crippen molar-refractivity contribution in [3.63, 3.8) is 0 Å². The molecular weight excluding hydrogens is 268 g/mol. The molecule has 0 fully saturated rings. The fourth-order valence-electron chi connectivity index (χ4n) is 2.39. The molecule has 2 aromatic heterocycles. The van der Waals surface area contributed by atoms with Gasteiger partial charge in [0.15, 0.2) is 0 Å². The summed E-state index contributed by atoms with van der Waals surface area (Å²) >= 11 is 0. The zero-order valence-corrected chi connectivity index (χ0v) is 11.5. The molecule has 3 rings (SSSR count). The van der Waals surface area contributed by atoms with Crippen LogP contribution in [0.5, 0.6) is 0 Å². The molecule has 6 nitrogen and oxygen atoms in total. The van der Waals surface area contributed by atoms with Crippen LogP contribution in [0.1, 0.15) is 28.8 Å². The van der Waals surface area contributed by atoms with Crippen LogP contribution in [0.15, 0.2) is 36.8 Å². The molecule has 1 N–H and O–H groups in total. The molecule has 0 aliphatic carbocycles. The van der Waals surface area contributed by atoms with E-state index in [1.54, 1.807) is 18.3 Å². The number of aromatic carboxylic acids is 1. The Morgan fingerprint density at radius 2 is 2.19 bits per heavy atom. The van der Waals surface area contributed by atoms with Gasteiger partial charge in [-0.05, 0) is 18.2 Å². The molecule has 0 aliphatic rings. The second-order valence-corrected chi connectivity index (χ2v) is 4.65. The molecule has 0 spiro atoms. The van der Waals surface area contributed by atoms with Gasteiger partial charge >= 0.3 is 5.97 Å². The van der Waals surface area contributed by atoms with E-state index in [0.717, 1.165) is 23.5 Å². The van der Waals surface area contributed by atoms with Crippen LogP contribution in [0.25, 0.3) is 11.0 Å². The highest BCUT2D eigenvalue weighted by atomic mass is 16.4. The highest BCUT2D eigenvalue weighted by Gasteiger charge is 2.16. The lowest BCUT2D eigenvalue weighted by molar-refractivity contribution is 0.0699. The number of para-hydroxylation sites is 1. The molecular formula is C15H14N4O2. The fourth-order valence-corrected chi connectivity index (χ4v) is 2.39. The molecule has 0 saturated heterocycles. The first-order chi connectivity index (χ1) is 10.2. The molecule has 106 valence electrons. The number of carboxylic acids is 1.